The Balaban J connectivity index is 2.25. The lowest BCUT2D eigenvalue weighted by molar-refractivity contribution is -0.298. The molecule has 0 spiro atoms. The predicted octanol–water partition coefficient (Wildman–Crippen LogP) is 3.16. The summed E-state index contributed by atoms with van der Waals surface area (Å²) in [7, 11) is 3.77. The number of carbonyl (C=O) groups is 2. The molecule has 4 rings (SSSR count). The fraction of sp³-hybridized carbons (Fsp3) is 0.943. The lowest BCUT2D eigenvalue weighted by Gasteiger charge is -2.48. The Labute approximate surface area is 287 Å². The minimum atomic E-state index is -1.66. The summed E-state index contributed by atoms with van der Waals surface area (Å²) < 4.78 is 31.8. The zero-order valence-corrected chi connectivity index (χ0v) is 31.1. The van der Waals surface area contributed by atoms with Crippen LogP contribution in [0.2, 0.25) is 0 Å². The zero-order chi connectivity index (χ0) is 36.1. The van der Waals surface area contributed by atoms with E-state index >= 15 is 0 Å². The van der Waals surface area contributed by atoms with E-state index in [1.165, 1.54) is 6.92 Å². The van der Waals surface area contributed by atoms with Crippen molar-refractivity contribution in [1.82, 2.24) is 9.80 Å². The molecule has 4 saturated heterocycles. The van der Waals surface area contributed by atoms with Crippen molar-refractivity contribution in [3.63, 3.8) is 0 Å². The van der Waals surface area contributed by atoms with Crippen molar-refractivity contribution in [1.29, 1.82) is 0 Å². The van der Waals surface area contributed by atoms with Gasteiger partial charge >= 0.3 is 5.97 Å². The molecule has 48 heavy (non-hydrogen) atoms. The minimum Gasteiger partial charge on any atom is -0.459 e. The average molecular weight is 686 g/mol. The van der Waals surface area contributed by atoms with Crippen molar-refractivity contribution in [3.8, 4) is 0 Å². The third-order valence-electron chi connectivity index (χ3n) is 10.8. The van der Waals surface area contributed by atoms with E-state index in [4.69, 9.17) is 23.7 Å². The van der Waals surface area contributed by atoms with E-state index in [9.17, 15) is 24.7 Å². The lowest BCUT2D eigenvalue weighted by Crippen LogP contribution is -2.60. The molecule has 0 saturated carbocycles. The molecule has 0 aromatic heterocycles. The Kier molecular flexibility index (Phi) is 14.5. The van der Waals surface area contributed by atoms with Gasteiger partial charge in [-0.2, -0.15) is 4.91 Å². The first-order valence-electron chi connectivity index (χ1n) is 17.9. The predicted molar refractivity (Wildman–Crippen MR) is 180 cm³/mol. The molecule has 0 radical (unpaired) electrons. The standard InChI is InChI=1S/C35H63N3O10/c1-12-14-38-17-20(3)30-35(9,42)27(13-2)47-32(41)24(7)28(39)23(6)31(48-33-29(40)26(37(10)11)15-22(5)46-33)34(8,16-21(38)4)45-19-25(36-43)18-44-30/h20-27,29-31,33,40,42H,12-19H2,1-11H3/t20-,21+,22+,23-,24+,25?,26-,27+,29+,30+,31+,33-,34+,35+/m0/s1. The molecule has 4 aliphatic rings. The summed E-state index contributed by atoms with van der Waals surface area (Å²) in [6.45, 7) is 17.5. The fourth-order valence-electron chi connectivity index (χ4n) is 8.03. The van der Waals surface area contributed by atoms with Crippen LogP contribution in [-0.2, 0) is 33.3 Å². The van der Waals surface area contributed by atoms with Gasteiger partial charge in [-0.1, -0.05) is 32.9 Å². The van der Waals surface area contributed by atoms with Crippen molar-refractivity contribution >= 4 is 11.8 Å². The number of hydrogen-bond donors (Lipinski definition) is 2. The number of likely N-dealkylation sites (N-methyl/N-ethyl adjacent to an activating group) is 1. The summed E-state index contributed by atoms with van der Waals surface area (Å²) in [5.41, 5.74) is -2.88. The molecule has 0 amide bonds. The molecule has 2 bridgehead atoms. The van der Waals surface area contributed by atoms with Gasteiger partial charge in [-0.15, -0.1) is 0 Å². The van der Waals surface area contributed by atoms with Crippen LogP contribution in [0.3, 0.4) is 0 Å². The maximum atomic E-state index is 14.3. The van der Waals surface area contributed by atoms with Crippen LogP contribution in [0.25, 0.3) is 0 Å². The maximum Gasteiger partial charge on any atom is 0.316 e. The monoisotopic (exact) mass is 685 g/mol. The molecule has 4 fully saturated rings. The number of ketones is 1. The molecule has 4 heterocycles. The van der Waals surface area contributed by atoms with E-state index in [1.54, 1.807) is 20.8 Å². The molecule has 0 aromatic rings. The van der Waals surface area contributed by atoms with E-state index in [1.807, 2.05) is 39.8 Å². The minimum absolute atomic E-state index is 0.119. The third-order valence-corrected chi connectivity index (χ3v) is 10.8. The van der Waals surface area contributed by atoms with Crippen molar-refractivity contribution in [2.45, 2.75) is 154 Å². The first kappa shape index (κ1) is 40.8. The highest BCUT2D eigenvalue weighted by molar-refractivity contribution is 6.00. The van der Waals surface area contributed by atoms with Gasteiger partial charge in [0, 0.05) is 24.5 Å². The smallest absolute Gasteiger partial charge is 0.316 e. The van der Waals surface area contributed by atoms with Crippen molar-refractivity contribution in [2.24, 2.45) is 22.9 Å². The van der Waals surface area contributed by atoms with Gasteiger partial charge < -0.3 is 43.7 Å². The molecular weight excluding hydrogens is 622 g/mol. The number of carbonyl (C=O) groups excluding carboxylic acids is 2. The van der Waals surface area contributed by atoms with E-state index < -0.39 is 71.5 Å². The Bertz CT molecular complexity index is 1080. The van der Waals surface area contributed by atoms with E-state index in [-0.39, 0.29) is 43.7 Å². The number of esters is 1. The second kappa shape index (κ2) is 17.1. The van der Waals surface area contributed by atoms with Crippen LogP contribution in [0.1, 0.15) is 88.0 Å². The number of Topliss-reactive ketones (excluding diaryl/α,β-unsaturated/α-hetero) is 1. The van der Waals surface area contributed by atoms with Crippen LogP contribution in [0, 0.1) is 22.7 Å². The van der Waals surface area contributed by atoms with Gasteiger partial charge in [0.15, 0.2) is 12.1 Å². The number of aliphatic hydroxyl groups excluding tert-OH is 1. The van der Waals surface area contributed by atoms with Gasteiger partial charge in [-0.3, -0.25) is 9.59 Å². The van der Waals surface area contributed by atoms with E-state index in [0.29, 0.717) is 19.4 Å². The molecule has 4 aliphatic heterocycles. The first-order valence-corrected chi connectivity index (χ1v) is 17.9. The number of rotatable bonds is 7. The van der Waals surface area contributed by atoms with Gasteiger partial charge in [0.2, 0.25) is 0 Å². The second-order valence-corrected chi connectivity index (χ2v) is 15.3. The summed E-state index contributed by atoms with van der Waals surface area (Å²) in [5.74, 6) is -3.59. The number of ether oxygens (including phenoxy) is 5. The van der Waals surface area contributed by atoms with Crippen LogP contribution < -0.4 is 0 Å². The zero-order valence-electron chi connectivity index (χ0n) is 31.1. The lowest BCUT2D eigenvalue weighted by atomic mass is 9.79. The maximum absolute atomic E-state index is 14.3. The Morgan fingerprint density at radius 1 is 1.08 bits per heavy atom. The number of hydrogen-bond acceptors (Lipinski definition) is 13. The SMILES string of the molecule is CCCN1C[C@H](C)[C@H]2OCC(N=O)CO[C@](C)(C[C@H]1C)[C@H](O[C@@H]1O[C@H](C)C[C@H](N(C)C)[C@H]1O)[C@@H](C)C(=O)[C@@H](C)C(=O)O[C@H](CC)[C@@]2(C)O. The Morgan fingerprint density at radius 3 is 2.33 bits per heavy atom. The van der Waals surface area contributed by atoms with Gasteiger partial charge in [0.25, 0.3) is 0 Å². The summed E-state index contributed by atoms with van der Waals surface area (Å²) in [4.78, 5) is 44.3. The Morgan fingerprint density at radius 2 is 1.75 bits per heavy atom. The van der Waals surface area contributed by atoms with Crippen molar-refractivity contribution in [3.05, 3.63) is 4.91 Å². The highest BCUT2D eigenvalue weighted by atomic mass is 16.7. The van der Waals surface area contributed by atoms with Crippen LogP contribution in [0.15, 0.2) is 5.18 Å². The highest BCUT2D eigenvalue weighted by Crippen LogP contribution is 2.38. The number of nitroso groups, excluding NO2 is 1. The number of nitrogens with zero attached hydrogens (tertiary/aromatic N) is 3. The summed E-state index contributed by atoms with van der Waals surface area (Å²) in [5, 5.41) is 26.9. The van der Waals surface area contributed by atoms with Gasteiger partial charge in [0.05, 0.1) is 37.1 Å². The first-order chi connectivity index (χ1) is 22.4. The van der Waals surface area contributed by atoms with Crippen LogP contribution in [-0.4, -0.2) is 138 Å². The number of fused-ring (bicyclic) bond motifs is 15. The fourth-order valence-corrected chi connectivity index (χ4v) is 8.03. The summed E-state index contributed by atoms with van der Waals surface area (Å²) >= 11 is 0. The van der Waals surface area contributed by atoms with E-state index in [0.717, 1.165) is 13.0 Å². The molecule has 1 unspecified atom stereocenters. The van der Waals surface area contributed by atoms with Crippen LogP contribution >= 0.6 is 0 Å². The van der Waals surface area contributed by atoms with Gasteiger partial charge in [0.1, 0.15) is 29.8 Å². The van der Waals surface area contributed by atoms with E-state index in [2.05, 4.69) is 23.9 Å². The molecule has 278 valence electrons. The molecule has 14 atom stereocenters. The molecule has 2 N–H and O–H groups in total. The van der Waals surface area contributed by atoms with Crippen LogP contribution in [0.4, 0.5) is 0 Å². The average Bonchev–Trinajstić information content (AvgIpc) is 3.02. The number of aliphatic hydroxyl groups is 2. The summed E-state index contributed by atoms with van der Waals surface area (Å²) in [6, 6.07) is -1.32. The van der Waals surface area contributed by atoms with Crippen molar-refractivity contribution < 1.29 is 43.5 Å². The normalized spacial score (nSPS) is 44.6. The van der Waals surface area contributed by atoms with Crippen molar-refractivity contribution in [2.75, 3.05) is 40.4 Å². The molecule has 13 nitrogen and oxygen atoms in total. The van der Waals surface area contributed by atoms with Crippen LogP contribution in [0.5, 0.6) is 0 Å². The molecule has 13 heteroatoms. The molecule has 0 aliphatic carbocycles. The Hall–Kier alpha value is -1.58. The topological polar surface area (TPSA) is 157 Å². The molecule has 0 aromatic carbocycles. The molecular formula is C35H63N3O10. The highest BCUT2D eigenvalue weighted by Gasteiger charge is 2.52. The van der Waals surface area contributed by atoms with Gasteiger partial charge in [-0.05, 0) is 86.9 Å². The quantitative estimate of drug-likeness (QED) is 0.230. The largest absolute Gasteiger partial charge is 0.459 e. The third kappa shape index (κ3) is 9.20. The summed E-state index contributed by atoms with van der Waals surface area (Å²) in [6.07, 6.45) is -3.14. The van der Waals surface area contributed by atoms with Gasteiger partial charge in [-0.25, -0.2) is 0 Å². The second-order valence-electron chi connectivity index (χ2n) is 15.3.